The van der Waals surface area contributed by atoms with E-state index in [1.54, 1.807) is 11.3 Å². The van der Waals surface area contributed by atoms with Crippen LogP contribution in [0.25, 0.3) is 0 Å². The molecule has 0 bridgehead atoms. The van der Waals surface area contributed by atoms with Crippen molar-refractivity contribution >= 4 is 11.3 Å². The van der Waals surface area contributed by atoms with E-state index in [1.807, 2.05) is 0 Å². The summed E-state index contributed by atoms with van der Waals surface area (Å²) in [6, 6.07) is 2.08. The van der Waals surface area contributed by atoms with E-state index in [-0.39, 0.29) is 6.61 Å². The zero-order chi connectivity index (χ0) is 7.40. The van der Waals surface area contributed by atoms with Crippen molar-refractivity contribution in [1.82, 2.24) is 0 Å². The zero-order valence-electron chi connectivity index (χ0n) is 6.13. The Hall–Kier alpha value is -0.340. The largest absolute Gasteiger partial charge is 0.391 e. The fraction of sp³-hybridized carbons (Fsp3) is 0.500. The van der Waals surface area contributed by atoms with Crippen LogP contribution in [-0.4, -0.2) is 5.11 Å². The minimum absolute atomic E-state index is 0.189. The summed E-state index contributed by atoms with van der Waals surface area (Å²) in [4.78, 5) is 1.07. The van der Waals surface area contributed by atoms with E-state index < -0.39 is 0 Å². The predicted octanol–water partition coefficient (Wildman–Crippen LogP) is 2.19. The lowest BCUT2D eigenvalue weighted by Gasteiger charge is -1.87. The SMILES string of the molecule is CCCc1csc(CO)c1. The maximum absolute atomic E-state index is 8.73. The highest BCUT2D eigenvalue weighted by atomic mass is 32.1. The van der Waals surface area contributed by atoms with Crippen molar-refractivity contribution in [3.8, 4) is 0 Å². The van der Waals surface area contributed by atoms with E-state index in [9.17, 15) is 0 Å². The minimum atomic E-state index is 0.189. The second-order valence-corrected chi connectivity index (χ2v) is 3.33. The lowest BCUT2D eigenvalue weighted by Crippen LogP contribution is -1.77. The number of rotatable bonds is 3. The first-order valence-corrected chi connectivity index (χ1v) is 4.42. The van der Waals surface area contributed by atoms with Gasteiger partial charge in [-0.05, 0) is 23.4 Å². The lowest BCUT2D eigenvalue weighted by atomic mass is 10.2. The number of aliphatic hydroxyl groups is 1. The van der Waals surface area contributed by atoms with Gasteiger partial charge in [0.15, 0.2) is 0 Å². The van der Waals surface area contributed by atoms with Crippen molar-refractivity contribution in [2.75, 3.05) is 0 Å². The Labute approximate surface area is 65.3 Å². The molecule has 0 saturated heterocycles. The number of aliphatic hydroxyl groups excluding tert-OH is 1. The Morgan fingerprint density at radius 1 is 1.60 bits per heavy atom. The molecule has 0 aliphatic carbocycles. The molecule has 2 heteroatoms. The molecule has 10 heavy (non-hydrogen) atoms. The fourth-order valence-corrected chi connectivity index (χ4v) is 1.71. The molecule has 0 aliphatic heterocycles. The molecule has 1 N–H and O–H groups in total. The van der Waals surface area contributed by atoms with E-state index in [0.717, 1.165) is 11.3 Å². The molecule has 1 heterocycles. The van der Waals surface area contributed by atoms with Crippen LogP contribution in [0, 0.1) is 0 Å². The number of hydrogen-bond acceptors (Lipinski definition) is 2. The molecule has 0 aliphatic rings. The molecule has 0 radical (unpaired) electrons. The topological polar surface area (TPSA) is 20.2 Å². The van der Waals surface area contributed by atoms with Crippen LogP contribution in [0.5, 0.6) is 0 Å². The maximum atomic E-state index is 8.73. The Morgan fingerprint density at radius 3 is 2.90 bits per heavy atom. The zero-order valence-corrected chi connectivity index (χ0v) is 6.95. The van der Waals surface area contributed by atoms with Crippen molar-refractivity contribution in [2.45, 2.75) is 26.4 Å². The molecule has 1 nitrogen and oxygen atoms in total. The van der Waals surface area contributed by atoms with Crippen LogP contribution in [0.15, 0.2) is 11.4 Å². The summed E-state index contributed by atoms with van der Waals surface area (Å²) >= 11 is 1.64. The van der Waals surface area contributed by atoms with Crippen molar-refractivity contribution in [1.29, 1.82) is 0 Å². The Bertz CT molecular complexity index is 193. The van der Waals surface area contributed by atoms with Gasteiger partial charge in [-0.2, -0.15) is 0 Å². The molecule has 1 rings (SSSR count). The van der Waals surface area contributed by atoms with Crippen molar-refractivity contribution in [3.63, 3.8) is 0 Å². The lowest BCUT2D eigenvalue weighted by molar-refractivity contribution is 0.285. The molecule has 0 amide bonds. The molecule has 0 atom stereocenters. The first-order valence-electron chi connectivity index (χ1n) is 3.54. The molecule has 0 fully saturated rings. The normalized spacial score (nSPS) is 10.2. The first kappa shape index (κ1) is 7.76. The Balaban J connectivity index is 2.59. The van der Waals surface area contributed by atoms with Crippen LogP contribution in [0.1, 0.15) is 23.8 Å². The quantitative estimate of drug-likeness (QED) is 0.711. The van der Waals surface area contributed by atoms with E-state index in [1.165, 1.54) is 12.0 Å². The van der Waals surface area contributed by atoms with Crippen LogP contribution in [0.3, 0.4) is 0 Å². The van der Waals surface area contributed by atoms with Gasteiger partial charge in [-0.1, -0.05) is 13.3 Å². The predicted molar refractivity (Wildman–Crippen MR) is 44.2 cm³/mol. The third-order valence-corrected chi connectivity index (χ3v) is 2.37. The summed E-state index contributed by atoms with van der Waals surface area (Å²) in [5.41, 5.74) is 1.36. The second kappa shape index (κ2) is 3.74. The van der Waals surface area contributed by atoms with Gasteiger partial charge in [-0.15, -0.1) is 11.3 Å². The average molecular weight is 156 g/mol. The summed E-state index contributed by atoms with van der Waals surface area (Å²) in [5, 5.41) is 10.8. The van der Waals surface area contributed by atoms with Crippen LogP contribution >= 0.6 is 11.3 Å². The standard InChI is InChI=1S/C8H12OS/c1-2-3-7-4-8(5-9)10-6-7/h4,6,9H,2-3,5H2,1H3. The van der Waals surface area contributed by atoms with Gasteiger partial charge in [0.25, 0.3) is 0 Å². The summed E-state index contributed by atoms with van der Waals surface area (Å²) in [6.07, 6.45) is 2.32. The number of thiophene rings is 1. The van der Waals surface area contributed by atoms with Crippen molar-refractivity contribution < 1.29 is 5.11 Å². The van der Waals surface area contributed by atoms with Gasteiger partial charge < -0.3 is 5.11 Å². The van der Waals surface area contributed by atoms with E-state index >= 15 is 0 Å². The highest BCUT2D eigenvalue weighted by Gasteiger charge is 1.95. The molecular weight excluding hydrogens is 144 g/mol. The maximum Gasteiger partial charge on any atom is 0.0774 e. The Morgan fingerprint density at radius 2 is 2.40 bits per heavy atom. The summed E-state index contributed by atoms with van der Waals surface area (Å²) in [5.74, 6) is 0. The van der Waals surface area contributed by atoms with Gasteiger partial charge in [-0.3, -0.25) is 0 Å². The molecule has 0 saturated carbocycles. The van der Waals surface area contributed by atoms with Gasteiger partial charge in [0, 0.05) is 4.88 Å². The van der Waals surface area contributed by atoms with Gasteiger partial charge >= 0.3 is 0 Å². The third kappa shape index (κ3) is 1.82. The fourth-order valence-electron chi connectivity index (χ4n) is 0.929. The highest BCUT2D eigenvalue weighted by molar-refractivity contribution is 7.10. The Kier molecular flexibility index (Phi) is 2.90. The molecule has 0 aromatic carbocycles. The van der Waals surface area contributed by atoms with Crippen LogP contribution in [-0.2, 0) is 13.0 Å². The first-order chi connectivity index (χ1) is 4.86. The van der Waals surface area contributed by atoms with Gasteiger partial charge in [0.2, 0.25) is 0 Å². The van der Waals surface area contributed by atoms with E-state index in [2.05, 4.69) is 18.4 Å². The molecule has 0 unspecified atom stereocenters. The number of aryl methyl sites for hydroxylation is 1. The van der Waals surface area contributed by atoms with E-state index in [0.29, 0.717) is 0 Å². The van der Waals surface area contributed by atoms with Gasteiger partial charge in [-0.25, -0.2) is 0 Å². The van der Waals surface area contributed by atoms with Gasteiger partial charge in [0.05, 0.1) is 6.61 Å². The van der Waals surface area contributed by atoms with Crippen LogP contribution < -0.4 is 0 Å². The summed E-state index contributed by atoms with van der Waals surface area (Å²) < 4.78 is 0. The minimum Gasteiger partial charge on any atom is -0.391 e. The second-order valence-electron chi connectivity index (χ2n) is 2.33. The molecular formula is C8H12OS. The van der Waals surface area contributed by atoms with Gasteiger partial charge in [0.1, 0.15) is 0 Å². The van der Waals surface area contributed by atoms with Crippen molar-refractivity contribution in [3.05, 3.63) is 21.9 Å². The summed E-state index contributed by atoms with van der Waals surface area (Å²) in [6.45, 7) is 2.35. The molecule has 56 valence electrons. The monoisotopic (exact) mass is 156 g/mol. The van der Waals surface area contributed by atoms with Crippen LogP contribution in [0.4, 0.5) is 0 Å². The smallest absolute Gasteiger partial charge is 0.0774 e. The molecule has 0 spiro atoms. The molecule has 1 aromatic heterocycles. The highest BCUT2D eigenvalue weighted by Crippen LogP contribution is 2.15. The van der Waals surface area contributed by atoms with E-state index in [4.69, 9.17) is 5.11 Å². The number of hydrogen-bond donors (Lipinski definition) is 1. The van der Waals surface area contributed by atoms with Crippen LogP contribution in [0.2, 0.25) is 0 Å². The third-order valence-electron chi connectivity index (χ3n) is 1.40. The van der Waals surface area contributed by atoms with Crippen molar-refractivity contribution in [2.24, 2.45) is 0 Å². The molecule has 1 aromatic rings. The summed E-state index contributed by atoms with van der Waals surface area (Å²) in [7, 11) is 0. The average Bonchev–Trinajstić information content (AvgIpc) is 2.37.